The third-order valence-corrected chi connectivity index (χ3v) is 3.64. The second-order valence-corrected chi connectivity index (χ2v) is 5.00. The summed E-state index contributed by atoms with van der Waals surface area (Å²) in [5, 5.41) is 13.2. The van der Waals surface area contributed by atoms with Gasteiger partial charge in [-0.1, -0.05) is 12.1 Å². The Labute approximate surface area is 108 Å². The fourth-order valence-electron chi connectivity index (χ4n) is 2.43. The molecule has 2 unspecified atom stereocenters. The van der Waals surface area contributed by atoms with E-state index in [1.54, 1.807) is 12.1 Å². The summed E-state index contributed by atoms with van der Waals surface area (Å²) in [6.45, 7) is 2.57. The molecule has 0 radical (unpaired) electrons. The molecule has 2 N–H and O–H groups in total. The molecule has 3 nitrogen and oxygen atoms in total. The average molecular weight is 252 g/mol. The number of likely N-dealkylation sites (tertiary alicyclic amines) is 1. The lowest BCUT2D eigenvalue weighted by molar-refractivity contribution is 0.170. The number of halogens is 1. The van der Waals surface area contributed by atoms with Crippen LogP contribution in [0.15, 0.2) is 24.3 Å². The van der Waals surface area contributed by atoms with E-state index in [2.05, 4.69) is 17.3 Å². The van der Waals surface area contributed by atoms with Crippen molar-refractivity contribution in [1.29, 1.82) is 0 Å². The molecule has 1 fully saturated rings. The molecule has 1 heterocycles. The van der Waals surface area contributed by atoms with Gasteiger partial charge in [-0.05, 0) is 44.1 Å². The molecule has 18 heavy (non-hydrogen) atoms. The highest BCUT2D eigenvalue weighted by Crippen LogP contribution is 2.15. The van der Waals surface area contributed by atoms with E-state index in [9.17, 15) is 9.50 Å². The lowest BCUT2D eigenvalue weighted by Gasteiger charge is -2.21. The molecule has 0 spiro atoms. The van der Waals surface area contributed by atoms with E-state index in [1.165, 1.54) is 25.0 Å². The highest BCUT2D eigenvalue weighted by Gasteiger charge is 2.20. The fourth-order valence-corrected chi connectivity index (χ4v) is 2.43. The highest BCUT2D eigenvalue weighted by molar-refractivity contribution is 5.18. The molecule has 0 saturated carbocycles. The van der Waals surface area contributed by atoms with Gasteiger partial charge in [-0.25, -0.2) is 4.39 Å². The maximum atomic E-state index is 12.7. The standard InChI is InChI=1S/C14H21FN2O/c1-17-8-2-3-13(17)9-16-10-14(18)11-4-6-12(15)7-5-11/h4-7,13-14,16,18H,2-3,8-10H2,1H3. The maximum absolute atomic E-state index is 12.7. The molecule has 0 bridgehead atoms. The maximum Gasteiger partial charge on any atom is 0.123 e. The van der Waals surface area contributed by atoms with E-state index < -0.39 is 6.10 Å². The van der Waals surface area contributed by atoms with Crippen molar-refractivity contribution in [3.05, 3.63) is 35.6 Å². The Morgan fingerprint density at radius 1 is 1.44 bits per heavy atom. The van der Waals surface area contributed by atoms with Gasteiger partial charge < -0.3 is 15.3 Å². The van der Waals surface area contributed by atoms with Crippen LogP contribution in [0.5, 0.6) is 0 Å². The number of likely N-dealkylation sites (N-methyl/N-ethyl adjacent to an activating group) is 1. The Balaban J connectivity index is 1.74. The van der Waals surface area contributed by atoms with E-state index in [4.69, 9.17) is 0 Å². The van der Waals surface area contributed by atoms with Crippen LogP contribution in [0.1, 0.15) is 24.5 Å². The summed E-state index contributed by atoms with van der Waals surface area (Å²) in [6, 6.07) is 6.59. The third-order valence-electron chi connectivity index (χ3n) is 3.64. The molecule has 1 saturated heterocycles. The quantitative estimate of drug-likeness (QED) is 0.834. The molecule has 0 aromatic heterocycles. The Morgan fingerprint density at radius 3 is 2.78 bits per heavy atom. The first-order chi connectivity index (χ1) is 8.66. The van der Waals surface area contributed by atoms with Gasteiger partial charge in [0.25, 0.3) is 0 Å². The number of hydrogen-bond donors (Lipinski definition) is 2. The van der Waals surface area contributed by atoms with E-state index in [0.29, 0.717) is 12.6 Å². The SMILES string of the molecule is CN1CCCC1CNCC(O)c1ccc(F)cc1. The molecule has 1 aromatic carbocycles. The average Bonchev–Trinajstić information content (AvgIpc) is 2.76. The molecule has 0 amide bonds. The minimum Gasteiger partial charge on any atom is -0.387 e. The van der Waals surface area contributed by atoms with E-state index >= 15 is 0 Å². The zero-order valence-corrected chi connectivity index (χ0v) is 10.8. The monoisotopic (exact) mass is 252 g/mol. The van der Waals surface area contributed by atoms with Crippen LogP contribution in [0, 0.1) is 5.82 Å². The minimum atomic E-state index is -0.572. The number of hydrogen-bond acceptors (Lipinski definition) is 3. The predicted octanol–water partition coefficient (Wildman–Crippen LogP) is 1.54. The van der Waals surface area contributed by atoms with Gasteiger partial charge in [-0.2, -0.15) is 0 Å². The van der Waals surface area contributed by atoms with Crippen LogP contribution in [0.2, 0.25) is 0 Å². The van der Waals surface area contributed by atoms with Crippen molar-refractivity contribution in [1.82, 2.24) is 10.2 Å². The van der Waals surface area contributed by atoms with Crippen LogP contribution >= 0.6 is 0 Å². The van der Waals surface area contributed by atoms with Crippen LogP contribution in [-0.4, -0.2) is 42.7 Å². The normalized spacial score (nSPS) is 22.3. The molecule has 1 aliphatic heterocycles. The molecule has 1 aromatic rings. The topological polar surface area (TPSA) is 35.5 Å². The molecule has 0 aliphatic carbocycles. The molecular formula is C14H21FN2O. The lowest BCUT2D eigenvalue weighted by Crippen LogP contribution is -2.37. The van der Waals surface area contributed by atoms with Crippen molar-refractivity contribution in [2.24, 2.45) is 0 Å². The Bertz CT molecular complexity index is 369. The van der Waals surface area contributed by atoms with E-state index in [0.717, 1.165) is 18.7 Å². The molecular weight excluding hydrogens is 231 g/mol. The smallest absolute Gasteiger partial charge is 0.123 e. The first-order valence-electron chi connectivity index (χ1n) is 6.51. The summed E-state index contributed by atoms with van der Waals surface area (Å²) in [4.78, 5) is 2.34. The summed E-state index contributed by atoms with van der Waals surface area (Å²) in [5.41, 5.74) is 0.753. The number of benzene rings is 1. The number of nitrogens with zero attached hydrogens (tertiary/aromatic N) is 1. The molecule has 100 valence electrons. The Kier molecular flexibility index (Phi) is 4.69. The first kappa shape index (κ1) is 13.5. The molecule has 4 heteroatoms. The predicted molar refractivity (Wildman–Crippen MR) is 69.9 cm³/mol. The van der Waals surface area contributed by atoms with Crippen molar-refractivity contribution < 1.29 is 9.50 Å². The van der Waals surface area contributed by atoms with Gasteiger partial charge in [-0.3, -0.25) is 0 Å². The second kappa shape index (κ2) is 6.27. The first-order valence-corrected chi connectivity index (χ1v) is 6.51. The van der Waals surface area contributed by atoms with Gasteiger partial charge in [0.2, 0.25) is 0 Å². The Hall–Kier alpha value is -0.970. The minimum absolute atomic E-state index is 0.272. The summed E-state index contributed by atoms with van der Waals surface area (Å²) < 4.78 is 12.7. The van der Waals surface area contributed by atoms with Crippen molar-refractivity contribution in [3.63, 3.8) is 0 Å². The van der Waals surface area contributed by atoms with Crippen LogP contribution in [0.3, 0.4) is 0 Å². The second-order valence-electron chi connectivity index (χ2n) is 5.00. The summed E-state index contributed by atoms with van der Waals surface area (Å²) in [6.07, 6.45) is 1.90. The Morgan fingerprint density at radius 2 is 2.17 bits per heavy atom. The third kappa shape index (κ3) is 3.51. The number of rotatable bonds is 5. The van der Waals surface area contributed by atoms with Gasteiger partial charge in [0, 0.05) is 19.1 Å². The van der Waals surface area contributed by atoms with Crippen molar-refractivity contribution in [2.75, 3.05) is 26.7 Å². The number of aliphatic hydroxyl groups is 1. The van der Waals surface area contributed by atoms with Crippen LogP contribution in [0.25, 0.3) is 0 Å². The molecule has 2 rings (SSSR count). The van der Waals surface area contributed by atoms with Crippen molar-refractivity contribution in [2.45, 2.75) is 25.0 Å². The summed E-state index contributed by atoms with van der Waals surface area (Å²) in [5.74, 6) is -0.272. The van der Waals surface area contributed by atoms with E-state index in [-0.39, 0.29) is 5.82 Å². The van der Waals surface area contributed by atoms with Crippen LogP contribution < -0.4 is 5.32 Å². The van der Waals surface area contributed by atoms with Crippen LogP contribution in [-0.2, 0) is 0 Å². The van der Waals surface area contributed by atoms with Gasteiger partial charge in [0.15, 0.2) is 0 Å². The summed E-state index contributed by atoms with van der Waals surface area (Å²) in [7, 11) is 2.13. The zero-order chi connectivity index (χ0) is 13.0. The largest absolute Gasteiger partial charge is 0.387 e. The summed E-state index contributed by atoms with van der Waals surface area (Å²) >= 11 is 0. The number of aliphatic hydroxyl groups excluding tert-OH is 1. The number of nitrogens with one attached hydrogen (secondary N) is 1. The fraction of sp³-hybridized carbons (Fsp3) is 0.571. The lowest BCUT2D eigenvalue weighted by atomic mass is 10.1. The van der Waals surface area contributed by atoms with Gasteiger partial charge in [0.05, 0.1) is 6.10 Å². The van der Waals surface area contributed by atoms with Gasteiger partial charge >= 0.3 is 0 Å². The zero-order valence-electron chi connectivity index (χ0n) is 10.8. The van der Waals surface area contributed by atoms with Gasteiger partial charge in [0.1, 0.15) is 5.82 Å². The molecule has 1 aliphatic rings. The van der Waals surface area contributed by atoms with Crippen molar-refractivity contribution >= 4 is 0 Å². The van der Waals surface area contributed by atoms with Gasteiger partial charge in [-0.15, -0.1) is 0 Å². The molecule has 2 atom stereocenters. The van der Waals surface area contributed by atoms with E-state index in [1.807, 2.05) is 0 Å². The van der Waals surface area contributed by atoms with Crippen molar-refractivity contribution in [3.8, 4) is 0 Å². The van der Waals surface area contributed by atoms with Crippen LogP contribution in [0.4, 0.5) is 4.39 Å². The highest BCUT2D eigenvalue weighted by atomic mass is 19.1.